The Hall–Kier alpha value is -0.190. The second kappa shape index (κ2) is 1.90. The zero-order valence-corrected chi connectivity index (χ0v) is 6.83. The van der Waals surface area contributed by atoms with E-state index in [1.165, 1.54) is 9.40 Å². The molecule has 0 saturated heterocycles. The summed E-state index contributed by atoms with van der Waals surface area (Å²) >= 11 is 8.30. The third-order valence-corrected chi connectivity index (χ3v) is 3.58. The molecule has 46 valence electrons. The number of H-pyrrole nitrogens is 1. The summed E-state index contributed by atoms with van der Waals surface area (Å²) in [6.45, 7) is 0. The molecule has 0 saturated carbocycles. The molecule has 0 radical (unpaired) electrons. The minimum atomic E-state index is 0.880. The molecule has 0 unspecified atom stereocenters. The zero-order valence-electron chi connectivity index (χ0n) is 4.38. The SMILES string of the molecule is S=c1[nH]sc2ccsc12. The summed E-state index contributed by atoms with van der Waals surface area (Å²) in [5.41, 5.74) is 0. The van der Waals surface area contributed by atoms with E-state index < -0.39 is 0 Å². The average molecular weight is 173 g/mol. The summed E-state index contributed by atoms with van der Waals surface area (Å²) in [4.78, 5) is 0. The van der Waals surface area contributed by atoms with Crippen LogP contribution in [0.4, 0.5) is 0 Å². The Morgan fingerprint density at radius 1 is 1.56 bits per heavy atom. The monoisotopic (exact) mass is 173 g/mol. The lowest BCUT2D eigenvalue weighted by atomic mass is 10.6. The van der Waals surface area contributed by atoms with Crippen LogP contribution in [0.15, 0.2) is 11.4 Å². The molecule has 0 aromatic carbocycles. The molecule has 9 heavy (non-hydrogen) atoms. The van der Waals surface area contributed by atoms with E-state index in [1.54, 1.807) is 22.9 Å². The minimum Gasteiger partial charge on any atom is -0.300 e. The summed E-state index contributed by atoms with van der Waals surface area (Å²) in [7, 11) is 0. The Balaban J connectivity index is 3.17. The fraction of sp³-hybridized carbons (Fsp3) is 0. The smallest absolute Gasteiger partial charge is 0.131 e. The van der Waals surface area contributed by atoms with Crippen molar-refractivity contribution in [1.29, 1.82) is 0 Å². The Morgan fingerprint density at radius 2 is 2.44 bits per heavy atom. The number of hydrogen-bond donors (Lipinski definition) is 1. The van der Waals surface area contributed by atoms with Gasteiger partial charge in [-0.2, -0.15) is 0 Å². The van der Waals surface area contributed by atoms with Crippen molar-refractivity contribution in [2.24, 2.45) is 0 Å². The van der Waals surface area contributed by atoms with E-state index in [4.69, 9.17) is 12.2 Å². The van der Waals surface area contributed by atoms with Gasteiger partial charge < -0.3 is 4.37 Å². The summed E-state index contributed by atoms with van der Waals surface area (Å²) in [5, 5.41) is 2.06. The zero-order chi connectivity index (χ0) is 6.27. The van der Waals surface area contributed by atoms with Crippen LogP contribution in [-0.4, -0.2) is 4.37 Å². The number of aromatic amines is 1. The van der Waals surface area contributed by atoms with E-state index in [2.05, 4.69) is 15.8 Å². The van der Waals surface area contributed by atoms with E-state index >= 15 is 0 Å². The second-order valence-corrected chi connectivity index (χ2v) is 3.82. The number of thiophene rings is 1. The van der Waals surface area contributed by atoms with Crippen LogP contribution < -0.4 is 0 Å². The van der Waals surface area contributed by atoms with E-state index in [9.17, 15) is 0 Å². The second-order valence-electron chi connectivity index (χ2n) is 1.65. The van der Waals surface area contributed by atoms with Crippen LogP contribution in [0.2, 0.25) is 0 Å². The van der Waals surface area contributed by atoms with Crippen molar-refractivity contribution < 1.29 is 0 Å². The summed E-state index contributed by atoms with van der Waals surface area (Å²) < 4.78 is 6.39. The highest BCUT2D eigenvalue weighted by molar-refractivity contribution is 7.72. The van der Waals surface area contributed by atoms with Crippen LogP contribution in [0, 0.1) is 4.64 Å². The Kier molecular flexibility index (Phi) is 1.18. The number of aromatic nitrogens is 1. The molecule has 0 aliphatic heterocycles. The third-order valence-electron chi connectivity index (χ3n) is 1.09. The molecule has 2 rings (SSSR count). The van der Waals surface area contributed by atoms with Gasteiger partial charge >= 0.3 is 0 Å². The van der Waals surface area contributed by atoms with Gasteiger partial charge in [0.25, 0.3) is 0 Å². The molecule has 0 fully saturated rings. The van der Waals surface area contributed by atoms with Crippen molar-refractivity contribution in [1.82, 2.24) is 4.37 Å². The number of hydrogen-bond acceptors (Lipinski definition) is 3. The molecule has 2 heterocycles. The van der Waals surface area contributed by atoms with Crippen molar-refractivity contribution in [2.75, 3.05) is 0 Å². The van der Waals surface area contributed by atoms with Crippen LogP contribution in [-0.2, 0) is 0 Å². The van der Waals surface area contributed by atoms with Crippen molar-refractivity contribution in [3.8, 4) is 0 Å². The molecule has 2 aromatic rings. The van der Waals surface area contributed by atoms with Crippen molar-refractivity contribution >= 4 is 44.5 Å². The first-order chi connectivity index (χ1) is 4.38. The number of rotatable bonds is 0. The molecular formula is C5H3NS3. The number of nitrogens with one attached hydrogen (secondary N) is 1. The largest absolute Gasteiger partial charge is 0.300 e. The van der Waals surface area contributed by atoms with Gasteiger partial charge in [0.05, 0.1) is 9.40 Å². The molecular weight excluding hydrogens is 170 g/mol. The maximum absolute atomic E-state index is 5.01. The van der Waals surface area contributed by atoms with Gasteiger partial charge in [-0.1, -0.05) is 23.8 Å². The van der Waals surface area contributed by atoms with Crippen molar-refractivity contribution in [2.45, 2.75) is 0 Å². The van der Waals surface area contributed by atoms with Crippen LogP contribution in [0.1, 0.15) is 0 Å². The maximum atomic E-state index is 5.01. The molecule has 0 spiro atoms. The molecule has 1 nitrogen and oxygen atoms in total. The molecule has 1 N–H and O–H groups in total. The number of fused-ring (bicyclic) bond motifs is 1. The quantitative estimate of drug-likeness (QED) is 0.605. The highest BCUT2D eigenvalue weighted by Gasteiger charge is 1.96. The molecule has 0 atom stereocenters. The van der Waals surface area contributed by atoms with E-state index in [1.807, 2.05) is 0 Å². The topological polar surface area (TPSA) is 15.8 Å². The first-order valence-corrected chi connectivity index (χ1v) is 4.53. The van der Waals surface area contributed by atoms with Crippen LogP contribution in [0.5, 0.6) is 0 Å². The van der Waals surface area contributed by atoms with Crippen LogP contribution in [0.25, 0.3) is 9.40 Å². The summed E-state index contributed by atoms with van der Waals surface area (Å²) in [6.07, 6.45) is 0. The maximum Gasteiger partial charge on any atom is 0.131 e. The van der Waals surface area contributed by atoms with Gasteiger partial charge in [0.1, 0.15) is 4.64 Å². The van der Waals surface area contributed by atoms with E-state index in [0.717, 1.165) is 4.64 Å². The molecule has 0 aliphatic carbocycles. The van der Waals surface area contributed by atoms with Gasteiger partial charge in [0.2, 0.25) is 0 Å². The van der Waals surface area contributed by atoms with Crippen molar-refractivity contribution in [3.05, 3.63) is 16.1 Å². The normalized spacial score (nSPS) is 10.7. The molecule has 4 heteroatoms. The average Bonchev–Trinajstić information content (AvgIpc) is 2.35. The molecule has 0 bridgehead atoms. The van der Waals surface area contributed by atoms with Crippen LogP contribution >= 0.6 is 35.1 Å². The lowest BCUT2D eigenvalue weighted by Crippen LogP contribution is -1.47. The highest BCUT2D eigenvalue weighted by atomic mass is 32.1. The van der Waals surface area contributed by atoms with Gasteiger partial charge in [-0.15, -0.1) is 11.3 Å². The lowest BCUT2D eigenvalue weighted by Gasteiger charge is -1.64. The fourth-order valence-corrected chi connectivity index (χ4v) is 2.87. The van der Waals surface area contributed by atoms with E-state index in [-0.39, 0.29) is 0 Å². The molecule has 2 aromatic heterocycles. The Bertz CT molecular complexity index is 366. The van der Waals surface area contributed by atoms with Crippen molar-refractivity contribution in [3.63, 3.8) is 0 Å². The van der Waals surface area contributed by atoms with Gasteiger partial charge in [-0.25, -0.2) is 0 Å². The summed E-state index contributed by atoms with van der Waals surface area (Å²) in [6, 6.07) is 2.08. The predicted octanol–water partition coefficient (Wildman–Crippen LogP) is 3.02. The van der Waals surface area contributed by atoms with Crippen LogP contribution in [0.3, 0.4) is 0 Å². The first-order valence-electron chi connectivity index (χ1n) is 2.42. The fourth-order valence-electron chi connectivity index (χ4n) is 0.691. The molecule has 0 amide bonds. The van der Waals surface area contributed by atoms with E-state index in [0.29, 0.717) is 0 Å². The van der Waals surface area contributed by atoms with Gasteiger partial charge in [-0.3, -0.25) is 0 Å². The predicted molar refractivity (Wildman–Crippen MR) is 44.9 cm³/mol. The standard InChI is InChI=1S/C5H3NS3/c7-5-4-3(9-6-5)1-2-8-4/h1-2H,(H,6,7). The Labute approximate surface area is 65.1 Å². The Morgan fingerprint density at radius 3 is 3.22 bits per heavy atom. The minimum absolute atomic E-state index is 0.880. The van der Waals surface area contributed by atoms with Gasteiger partial charge in [0, 0.05) is 0 Å². The lowest BCUT2D eigenvalue weighted by molar-refractivity contribution is 1.57. The first kappa shape index (κ1) is 5.58. The third kappa shape index (κ3) is 0.745. The highest BCUT2D eigenvalue weighted by Crippen LogP contribution is 2.24. The molecule has 0 aliphatic rings. The van der Waals surface area contributed by atoms with Gasteiger partial charge in [-0.05, 0) is 11.4 Å². The summed E-state index contributed by atoms with van der Waals surface area (Å²) in [5.74, 6) is 0. The van der Waals surface area contributed by atoms with Gasteiger partial charge in [0.15, 0.2) is 0 Å².